The lowest BCUT2D eigenvalue weighted by Gasteiger charge is -2.49. The maximum atomic E-state index is 12.4. The van der Waals surface area contributed by atoms with Gasteiger partial charge in [0.1, 0.15) is 17.1 Å². The highest BCUT2D eigenvalue weighted by molar-refractivity contribution is 14.1. The van der Waals surface area contributed by atoms with Gasteiger partial charge in [-0.05, 0) is 25.2 Å². The largest absolute Gasteiger partial charge is 0.515 e. The predicted molar refractivity (Wildman–Crippen MR) is 91.4 cm³/mol. The van der Waals surface area contributed by atoms with Crippen LogP contribution in [-0.4, -0.2) is 53.1 Å². The van der Waals surface area contributed by atoms with Crippen LogP contribution >= 0.6 is 34.4 Å². The summed E-state index contributed by atoms with van der Waals surface area (Å²) in [7, 11) is -2.03. The van der Waals surface area contributed by atoms with Crippen LogP contribution in [0.15, 0.2) is 11.3 Å². The Morgan fingerprint density at radius 3 is 2.76 bits per heavy atom. The van der Waals surface area contributed by atoms with Crippen LogP contribution in [0, 0.1) is 0 Å². The Morgan fingerprint density at radius 1 is 1.57 bits per heavy atom. The number of fused-ring (bicyclic) bond motifs is 1. The number of amides is 2. The van der Waals surface area contributed by atoms with Gasteiger partial charge in [0.05, 0.1) is 0 Å². The van der Waals surface area contributed by atoms with Crippen molar-refractivity contribution in [2.75, 3.05) is 10.2 Å². The van der Waals surface area contributed by atoms with E-state index in [1.807, 2.05) is 19.6 Å². The summed E-state index contributed by atoms with van der Waals surface area (Å²) in [6.07, 6.45) is 0.526. The molecular weight excluding hydrogens is 423 g/mol. The van der Waals surface area contributed by atoms with E-state index in [0.29, 0.717) is 22.3 Å². The molecule has 0 aromatic rings. The molecule has 21 heavy (non-hydrogen) atoms. The minimum Gasteiger partial charge on any atom is -0.515 e. The van der Waals surface area contributed by atoms with Crippen molar-refractivity contribution < 1.29 is 18.8 Å². The summed E-state index contributed by atoms with van der Waals surface area (Å²) in [4.78, 5) is 36.7. The van der Waals surface area contributed by atoms with Gasteiger partial charge in [-0.3, -0.25) is 14.5 Å². The average Bonchev–Trinajstić information content (AvgIpc) is 2.40. The molecule has 9 heteroatoms. The van der Waals surface area contributed by atoms with E-state index >= 15 is 0 Å². The number of hydrogen-bond donors (Lipinski definition) is 1. The van der Waals surface area contributed by atoms with Gasteiger partial charge in [0.2, 0.25) is 14.7 Å². The molecule has 0 aromatic heterocycles. The summed E-state index contributed by atoms with van der Waals surface area (Å²) >= 11 is 3.75. The van der Waals surface area contributed by atoms with Gasteiger partial charge in [-0.15, -0.1) is 11.8 Å². The van der Waals surface area contributed by atoms with E-state index in [2.05, 4.69) is 27.9 Å². The lowest BCUT2D eigenvalue weighted by Crippen LogP contribution is -2.69. The molecule has 2 aliphatic heterocycles. The Morgan fingerprint density at radius 2 is 2.24 bits per heavy atom. The van der Waals surface area contributed by atoms with Crippen LogP contribution in [0.1, 0.15) is 0 Å². The number of rotatable bonds is 5. The Hall–Kier alpha value is -0.553. The summed E-state index contributed by atoms with van der Waals surface area (Å²) in [5.74, 6) is 0.0121. The molecule has 6 nitrogen and oxygen atoms in total. The SMILES string of the molecule is C[Si](C)(C)OC(=O)C1=C(CI)CS[C@H]2C(NC=O)C(=O)N12. The summed E-state index contributed by atoms with van der Waals surface area (Å²) in [5.41, 5.74) is 1.29. The first-order valence-electron chi connectivity index (χ1n) is 6.46. The minimum absolute atomic E-state index is 0.210. The van der Waals surface area contributed by atoms with Crippen molar-refractivity contribution in [2.24, 2.45) is 0 Å². The molecule has 1 saturated heterocycles. The van der Waals surface area contributed by atoms with Crippen LogP contribution < -0.4 is 5.32 Å². The minimum atomic E-state index is -2.03. The Labute approximate surface area is 142 Å². The molecule has 2 atom stereocenters. The fraction of sp³-hybridized carbons (Fsp3) is 0.583. The van der Waals surface area contributed by atoms with E-state index < -0.39 is 20.3 Å². The van der Waals surface area contributed by atoms with Gasteiger partial charge in [-0.1, -0.05) is 22.6 Å². The maximum absolute atomic E-state index is 12.4. The van der Waals surface area contributed by atoms with E-state index in [4.69, 9.17) is 4.43 Å². The zero-order valence-corrected chi connectivity index (χ0v) is 16.0. The highest BCUT2D eigenvalue weighted by atomic mass is 127. The quantitative estimate of drug-likeness (QED) is 0.228. The molecule has 0 aliphatic carbocycles. The zero-order valence-electron chi connectivity index (χ0n) is 12.0. The number of carbonyl (C=O) groups excluding carboxylic acids is 3. The Balaban J connectivity index is 2.27. The van der Waals surface area contributed by atoms with Gasteiger partial charge in [0, 0.05) is 10.2 Å². The van der Waals surface area contributed by atoms with Gasteiger partial charge in [-0.25, -0.2) is 4.79 Å². The second kappa shape index (κ2) is 6.29. The van der Waals surface area contributed by atoms with Crippen LogP contribution in [0.2, 0.25) is 19.6 Å². The van der Waals surface area contributed by atoms with E-state index in [-0.39, 0.29) is 11.3 Å². The zero-order chi connectivity index (χ0) is 15.8. The van der Waals surface area contributed by atoms with Gasteiger partial charge in [0.15, 0.2) is 0 Å². The monoisotopic (exact) mass is 440 g/mol. The van der Waals surface area contributed by atoms with Crippen LogP contribution in [0.3, 0.4) is 0 Å². The fourth-order valence-corrected chi connectivity index (χ4v) is 5.20. The number of nitrogens with one attached hydrogen (secondary N) is 1. The molecule has 0 saturated carbocycles. The lowest BCUT2D eigenvalue weighted by atomic mass is 10.0. The highest BCUT2D eigenvalue weighted by Crippen LogP contribution is 2.41. The molecule has 1 N–H and O–H groups in total. The summed E-state index contributed by atoms with van der Waals surface area (Å²) in [6.45, 7) is 5.79. The van der Waals surface area contributed by atoms with Crippen molar-refractivity contribution in [1.29, 1.82) is 0 Å². The average molecular weight is 440 g/mol. The third-order valence-corrected chi connectivity index (χ3v) is 6.11. The number of alkyl halides is 1. The molecule has 0 spiro atoms. The molecule has 0 radical (unpaired) electrons. The number of thioether (sulfide) groups is 1. The Bertz CT molecular complexity index is 520. The van der Waals surface area contributed by atoms with E-state index in [1.54, 1.807) is 11.8 Å². The van der Waals surface area contributed by atoms with Crippen molar-refractivity contribution >= 4 is 61.0 Å². The van der Waals surface area contributed by atoms with E-state index in [0.717, 1.165) is 5.57 Å². The summed E-state index contributed by atoms with van der Waals surface area (Å²) < 4.78 is 6.22. The molecule has 2 rings (SSSR count). The van der Waals surface area contributed by atoms with Gasteiger partial charge >= 0.3 is 5.97 Å². The normalized spacial score (nSPS) is 25.1. The third-order valence-electron chi connectivity index (χ3n) is 3.05. The number of carbonyl (C=O) groups is 3. The summed E-state index contributed by atoms with van der Waals surface area (Å²) in [5, 5.41) is 2.30. The van der Waals surface area contributed by atoms with E-state index in [1.165, 1.54) is 4.90 Å². The van der Waals surface area contributed by atoms with E-state index in [9.17, 15) is 14.4 Å². The second-order valence-electron chi connectivity index (χ2n) is 5.76. The first kappa shape index (κ1) is 16.8. The first-order valence-corrected chi connectivity index (χ1v) is 12.4. The first-order chi connectivity index (χ1) is 9.80. The molecular formula is C12H17IN2O4SSi. The van der Waals surface area contributed by atoms with Crippen LogP contribution in [0.4, 0.5) is 0 Å². The molecule has 1 fully saturated rings. The lowest BCUT2D eigenvalue weighted by molar-refractivity contribution is -0.149. The van der Waals surface area contributed by atoms with Crippen molar-refractivity contribution in [1.82, 2.24) is 10.2 Å². The number of hydrogen-bond acceptors (Lipinski definition) is 5. The van der Waals surface area contributed by atoms with Gasteiger partial charge in [-0.2, -0.15) is 0 Å². The van der Waals surface area contributed by atoms with Gasteiger partial charge < -0.3 is 9.74 Å². The molecule has 116 valence electrons. The number of nitrogens with zero attached hydrogens (tertiary/aromatic N) is 1. The molecule has 2 amide bonds. The standard InChI is InChI=1S/C12H17IN2O4SSi/c1-21(2,3)19-12(18)9-7(4-13)5-20-11-8(14-6-16)10(17)15(9)11/h6,8,11H,4-5H2,1-3H3,(H,14,16)/t8?,11-/m0/s1. The van der Waals surface area contributed by atoms with Crippen molar-refractivity contribution in [3.63, 3.8) is 0 Å². The number of β-lactam (4-membered cyclic amide) rings is 1. The van der Waals surface area contributed by atoms with Crippen molar-refractivity contribution in [3.8, 4) is 0 Å². The van der Waals surface area contributed by atoms with Crippen LogP contribution in [-0.2, 0) is 18.8 Å². The summed E-state index contributed by atoms with van der Waals surface area (Å²) in [6, 6.07) is -0.544. The highest BCUT2D eigenvalue weighted by Gasteiger charge is 2.53. The smallest absolute Gasteiger partial charge is 0.341 e. The number of halogens is 1. The van der Waals surface area contributed by atoms with Crippen LogP contribution in [0.5, 0.6) is 0 Å². The molecule has 1 unspecified atom stereocenters. The van der Waals surface area contributed by atoms with Crippen molar-refractivity contribution in [2.45, 2.75) is 31.1 Å². The van der Waals surface area contributed by atoms with Crippen molar-refractivity contribution in [3.05, 3.63) is 11.3 Å². The fourth-order valence-electron chi connectivity index (χ4n) is 2.19. The topological polar surface area (TPSA) is 75.7 Å². The molecule has 0 bridgehead atoms. The van der Waals surface area contributed by atoms with Crippen LogP contribution in [0.25, 0.3) is 0 Å². The van der Waals surface area contributed by atoms with Gasteiger partial charge in [0.25, 0.3) is 5.91 Å². The Kier molecular flexibility index (Phi) is 5.03. The predicted octanol–water partition coefficient (Wildman–Crippen LogP) is 1.08. The molecule has 2 heterocycles. The maximum Gasteiger partial charge on any atom is 0.341 e. The second-order valence-corrected chi connectivity index (χ2v) is 12.1. The third kappa shape index (κ3) is 3.29. The molecule has 2 aliphatic rings. The molecule has 0 aromatic carbocycles.